The van der Waals surface area contributed by atoms with Crippen LogP contribution in [-0.2, 0) is 14.3 Å². The third kappa shape index (κ3) is 1.52. The van der Waals surface area contributed by atoms with E-state index < -0.39 is 5.60 Å². The zero-order chi connectivity index (χ0) is 16.6. The second-order valence-electron chi connectivity index (χ2n) is 8.49. The SMILES string of the molecule is C=C1C(=O)[C@@]23CCC(=C(C)C)[C@@]4(CCC(=O)O4)[C@@]2(C)C[C@@H]1CC3. The van der Waals surface area contributed by atoms with Gasteiger partial charge in [-0.25, -0.2) is 0 Å². The molecule has 0 radical (unpaired) electrons. The fourth-order valence-electron chi connectivity index (χ4n) is 6.41. The Bertz CT molecular complexity index is 668. The number of ketones is 1. The third-order valence-corrected chi connectivity index (χ3v) is 7.60. The molecule has 2 spiro atoms. The van der Waals surface area contributed by atoms with E-state index in [4.69, 9.17) is 4.74 Å². The lowest BCUT2D eigenvalue weighted by Gasteiger charge is -2.66. The molecular weight excluding hydrogens is 288 g/mol. The smallest absolute Gasteiger partial charge is 0.306 e. The predicted octanol–water partition coefficient (Wildman–Crippen LogP) is 4.12. The minimum Gasteiger partial charge on any atom is -0.454 e. The molecule has 124 valence electrons. The number of esters is 1. The van der Waals surface area contributed by atoms with Crippen LogP contribution in [0.3, 0.4) is 0 Å². The molecule has 3 heteroatoms. The Labute approximate surface area is 138 Å². The summed E-state index contributed by atoms with van der Waals surface area (Å²) in [4.78, 5) is 25.3. The summed E-state index contributed by atoms with van der Waals surface area (Å²) in [6.45, 7) is 10.6. The highest BCUT2D eigenvalue weighted by atomic mass is 16.6. The van der Waals surface area contributed by atoms with Crippen molar-refractivity contribution < 1.29 is 14.3 Å². The van der Waals surface area contributed by atoms with Crippen molar-refractivity contribution in [2.75, 3.05) is 0 Å². The molecular formula is C20H26O3. The van der Waals surface area contributed by atoms with Crippen molar-refractivity contribution in [1.82, 2.24) is 0 Å². The number of carbonyl (C=O) groups is 2. The van der Waals surface area contributed by atoms with Crippen LogP contribution in [0.2, 0.25) is 0 Å². The molecule has 5 fully saturated rings. The molecule has 0 aromatic rings. The molecule has 0 aromatic carbocycles. The lowest BCUT2D eigenvalue weighted by molar-refractivity contribution is -0.201. The van der Waals surface area contributed by atoms with Gasteiger partial charge in [-0.05, 0) is 63.0 Å². The van der Waals surface area contributed by atoms with Gasteiger partial charge in [-0.3, -0.25) is 9.59 Å². The summed E-state index contributed by atoms with van der Waals surface area (Å²) in [5.41, 5.74) is 2.15. The number of hydrogen-bond acceptors (Lipinski definition) is 3. The Hall–Kier alpha value is -1.38. The Morgan fingerprint density at radius 2 is 1.91 bits per heavy atom. The van der Waals surface area contributed by atoms with Gasteiger partial charge in [-0.15, -0.1) is 0 Å². The van der Waals surface area contributed by atoms with Crippen LogP contribution < -0.4 is 0 Å². The summed E-state index contributed by atoms with van der Waals surface area (Å²) >= 11 is 0. The van der Waals surface area contributed by atoms with Crippen LogP contribution in [-0.4, -0.2) is 17.4 Å². The summed E-state index contributed by atoms with van der Waals surface area (Å²) < 4.78 is 6.09. The van der Waals surface area contributed by atoms with E-state index in [1.54, 1.807) is 0 Å². The van der Waals surface area contributed by atoms with Gasteiger partial charge in [0.05, 0.1) is 0 Å². The van der Waals surface area contributed by atoms with Crippen LogP contribution in [0.1, 0.15) is 65.7 Å². The second-order valence-corrected chi connectivity index (χ2v) is 8.49. The van der Waals surface area contributed by atoms with Crippen LogP contribution >= 0.6 is 0 Å². The van der Waals surface area contributed by atoms with E-state index in [1.165, 1.54) is 11.1 Å². The molecule has 0 unspecified atom stereocenters. The first-order valence-electron chi connectivity index (χ1n) is 8.90. The van der Waals surface area contributed by atoms with Crippen LogP contribution in [0.5, 0.6) is 0 Å². The van der Waals surface area contributed by atoms with Gasteiger partial charge >= 0.3 is 5.97 Å². The van der Waals surface area contributed by atoms with Gasteiger partial charge in [-0.2, -0.15) is 0 Å². The summed E-state index contributed by atoms with van der Waals surface area (Å²) in [5, 5.41) is 0. The standard InChI is InChI=1S/C20H26O3/c1-12(2)15-6-9-19-8-5-14(13(3)17(19)22)11-18(19,4)20(15)10-7-16(21)23-20/h14H,3,5-11H2,1-2,4H3/t14-,18-,19+,20-/m0/s1. The molecule has 1 heterocycles. The molecule has 0 amide bonds. The monoisotopic (exact) mass is 314 g/mol. The van der Waals surface area contributed by atoms with E-state index >= 15 is 0 Å². The summed E-state index contributed by atoms with van der Waals surface area (Å²) in [7, 11) is 0. The minimum absolute atomic E-state index is 0.102. The largest absolute Gasteiger partial charge is 0.454 e. The average molecular weight is 314 g/mol. The van der Waals surface area contributed by atoms with Crippen LogP contribution in [0.15, 0.2) is 23.3 Å². The van der Waals surface area contributed by atoms with E-state index in [0.717, 1.165) is 44.1 Å². The Kier molecular flexibility index (Phi) is 2.88. The number of allylic oxidation sites excluding steroid dienone is 2. The van der Waals surface area contributed by atoms with Gasteiger partial charge in [0.25, 0.3) is 0 Å². The zero-order valence-electron chi connectivity index (χ0n) is 14.5. The molecule has 23 heavy (non-hydrogen) atoms. The molecule has 0 aromatic heterocycles. The van der Waals surface area contributed by atoms with Crippen molar-refractivity contribution in [3.8, 4) is 0 Å². The Morgan fingerprint density at radius 3 is 2.52 bits per heavy atom. The number of ether oxygens (including phenoxy) is 1. The molecule has 1 saturated heterocycles. The Morgan fingerprint density at radius 1 is 1.17 bits per heavy atom. The maximum atomic E-state index is 13.2. The number of rotatable bonds is 0. The Balaban J connectivity index is 1.95. The third-order valence-electron chi connectivity index (χ3n) is 7.60. The van der Waals surface area contributed by atoms with Crippen molar-refractivity contribution in [3.05, 3.63) is 23.3 Å². The van der Waals surface area contributed by atoms with Gasteiger partial charge in [-0.1, -0.05) is 19.1 Å². The van der Waals surface area contributed by atoms with Gasteiger partial charge in [0.2, 0.25) is 0 Å². The van der Waals surface area contributed by atoms with Gasteiger partial charge < -0.3 is 4.74 Å². The number of fused-ring (bicyclic) bond motifs is 2. The predicted molar refractivity (Wildman–Crippen MR) is 87.7 cm³/mol. The fourth-order valence-corrected chi connectivity index (χ4v) is 6.41. The van der Waals surface area contributed by atoms with E-state index in [2.05, 4.69) is 27.4 Å². The highest BCUT2D eigenvalue weighted by Crippen LogP contribution is 2.72. The number of Topliss-reactive ketones (excluding diaryl/α,β-unsaturated/α-hetero) is 1. The molecule has 4 aliphatic carbocycles. The molecule has 1 aliphatic heterocycles. The van der Waals surface area contributed by atoms with Crippen molar-refractivity contribution in [1.29, 1.82) is 0 Å². The van der Waals surface area contributed by atoms with E-state index in [-0.39, 0.29) is 28.5 Å². The highest BCUT2D eigenvalue weighted by Gasteiger charge is 2.73. The fraction of sp³-hybridized carbons (Fsp3) is 0.700. The van der Waals surface area contributed by atoms with Gasteiger partial charge in [0, 0.05) is 23.7 Å². The molecule has 4 atom stereocenters. The van der Waals surface area contributed by atoms with Crippen molar-refractivity contribution in [2.45, 2.75) is 71.3 Å². The minimum atomic E-state index is -0.559. The van der Waals surface area contributed by atoms with E-state index in [1.807, 2.05) is 0 Å². The van der Waals surface area contributed by atoms with Gasteiger partial charge in [0.15, 0.2) is 5.78 Å². The molecule has 4 saturated carbocycles. The molecule has 3 nitrogen and oxygen atoms in total. The van der Waals surface area contributed by atoms with Gasteiger partial charge in [0.1, 0.15) is 5.60 Å². The average Bonchev–Trinajstić information content (AvgIpc) is 2.88. The maximum Gasteiger partial charge on any atom is 0.306 e. The van der Waals surface area contributed by atoms with Crippen molar-refractivity contribution >= 4 is 11.8 Å². The zero-order valence-corrected chi connectivity index (χ0v) is 14.5. The molecule has 5 rings (SSSR count). The first-order chi connectivity index (χ1) is 10.8. The number of hydrogen-bond donors (Lipinski definition) is 0. The quantitative estimate of drug-likeness (QED) is 0.384. The van der Waals surface area contributed by atoms with Crippen molar-refractivity contribution in [3.63, 3.8) is 0 Å². The summed E-state index contributed by atoms with van der Waals surface area (Å²) in [6.07, 6.45) is 5.89. The van der Waals surface area contributed by atoms with Crippen LogP contribution in [0.4, 0.5) is 0 Å². The number of carbonyl (C=O) groups excluding carboxylic acids is 2. The first-order valence-corrected chi connectivity index (χ1v) is 8.90. The lowest BCUT2D eigenvalue weighted by Crippen LogP contribution is -2.68. The van der Waals surface area contributed by atoms with Crippen LogP contribution in [0, 0.1) is 16.7 Å². The van der Waals surface area contributed by atoms with E-state index in [0.29, 0.717) is 6.42 Å². The summed E-state index contributed by atoms with van der Waals surface area (Å²) in [5.74, 6) is 0.425. The highest BCUT2D eigenvalue weighted by molar-refractivity contribution is 6.03. The van der Waals surface area contributed by atoms with E-state index in [9.17, 15) is 9.59 Å². The first kappa shape index (κ1) is 15.2. The maximum absolute atomic E-state index is 13.2. The topological polar surface area (TPSA) is 43.4 Å². The second kappa shape index (κ2) is 4.37. The molecule has 2 bridgehead atoms. The summed E-state index contributed by atoms with van der Waals surface area (Å²) in [6, 6.07) is 0. The lowest BCUT2D eigenvalue weighted by atomic mass is 9.37. The van der Waals surface area contributed by atoms with Crippen molar-refractivity contribution in [2.24, 2.45) is 16.7 Å². The van der Waals surface area contributed by atoms with Crippen LogP contribution in [0.25, 0.3) is 0 Å². The normalized spacial score (nSPS) is 45.4. The molecule has 5 aliphatic rings. The molecule has 0 N–H and O–H groups in total.